The third kappa shape index (κ3) is 8.06. The van der Waals surface area contributed by atoms with E-state index < -0.39 is 23.8 Å². The summed E-state index contributed by atoms with van der Waals surface area (Å²) in [4.78, 5) is 22.5. The quantitative estimate of drug-likeness (QED) is 0.787. The number of alkyl carbamates (subject to hydrolysis) is 1. The van der Waals surface area contributed by atoms with Crippen LogP contribution in [-0.4, -0.2) is 35.7 Å². The van der Waals surface area contributed by atoms with Crippen LogP contribution in [0.15, 0.2) is 0 Å². The molecule has 18 heavy (non-hydrogen) atoms. The van der Waals surface area contributed by atoms with Crippen LogP contribution in [0.25, 0.3) is 0 Å². The lowest BCUT2D eigenvalue weighted by Crippen LogP contribution is -2.48. The van der Waals surface area contributed by atoms with Gasteiger partial charge in [0.05, 0.1) is 11.7 Å². The van der Waals surface area contributed by atoms with Gasteiger partial charge in [-0.05, 0) is 48.5 Å². The molecule has 0 heterocycles. The van der Waals surface area contributed by atoms with Crippen LogP contribution in [-0.2, 0) is 14.3 Å². The van der Waals surface area contributed by atoms with Crippen LogP contribution in [0.1, 0.15) is 48.5 Å². The minimum atomic E-state index is -0.723. The largest absolute Gasteiger partial charge is 0.444 e. The first-order chi connectivity index (χ1) is 7.94. The zero-order valence-corrected chi connectivity index (χ0v) is 12.4. The van der Waals surface area contributed by atoms with Gasteiger partial charge < -0.3 is 19.6 Å². The summed E-state index contributed by atoms with van der Waals surface area (Å²) in [7, 11) is 0. The van der Waals surface area contributed by atoms with Crippen molar-refractivity contribution in [3.8, 4) is 0 Å². The van der Waals surface area contributed by atoms with E-state index in [0.717, 1.165) is 0 Å². The van der Waals surface area contributed by atoms with Crippen LogP contribution >= 0.6 is 0 Å². The minimum absolute atomic E-state index is 0.379. The molecule has 0 aromatic rings. The fourth-order valence-electron chi connectivity index (χ4n) is 1.34. The number of carbonyl (C=O) groups is 2. The first-order valence-corrected chi connectivity index (χ1v) is 6.07. The molecule has 0 unspecified atom stereocenters. The standard InChI is InChI=1S/C13H25NO4/c1-9(17-12(2,3)4)10(8-15)14-11(16)18-13(5,6)7/h8-10H,1-7H3,(H,14,16)/t9-,10+/m1/s1. The molecule has 2 atom stereocenters. The molecule has 0 bridgehead atoms. The lowest BCUT2D eigenvalue weighted by Gasteiger charge is -2.29. The summed E-state index contributed by atoms with van der Waals surface area (Å²) in [5, 5.41) is 2.49. The van der Waals surface area contributed by atoms with Crippen molar-refractivity contribution < 1.29 is 19.1 Å². The van der Waals surface area contributed by atoms with Crippen molar-refractivity contribution in [3.05, 3.63) is 0 Å². The highest BCUT2D eigenvalue weighted by Gasteiger charge is 2.26. The van der Waals surface area contributed by atoms with E-state index in [1.807, 2.05) is 20.8 Å². The molecule has 1 amide bonds. The molecular formula is C13H25NO4. The number of amides is 1. The predicted octanol–water partition coefficient (Wildman–Crippen LogP) is 2.28. The van der Waals surface area contributed by atoms with Gasteiger partial charge in [0.25, 0.3) is 0 Å². The summed E-state index contributed by atoms with van der Waals surface area (Å²) < 4.78 is 10.7. The van der Waals surface area contributed by atoms with Crippen LogP contribution in [0.2, 0.25) is 0 Å². The smallest absolute Gasteiger partial charge is 0.408 e. The van der Waals surface area contributed by atoms with Crippen LogP contribution in [0, 0.1) is 0 Å². The summed E-state index contributed by atoms with van der Waals surface area (Å²) in [5.74, 6) is 0. The predicted molar refractivity (Wildman–Crippen MR) is 69.5 cm³/mol. The van der Waals surface area contributed by atoms with Gasteiger partial charge in [0.2, 0.25) is 0 Å². The Morgan fingerprint density at radius 3 is 1.94 bits per heavy atom. The fourth-order valence-corrected chi connectivity index (χ4v) is 1.34. The molecular weight excluding hydrogens is 234 g/mol. The van der Waals surface area contributed by atoms with E-state index in [0.29, 0.717) is 6.29 Å². The molecule has 0 aliphatic rings. The molecule has 0 fully saturated rings. The SMILES string of the molecule is C[C@@H](OC(C)(C)C)[C@H](C=O)NC(=O)OC(C)(C)C. The van der Waals surface area contributed by atoms with Gasteiger partial charge in [-0.15, -0.1) is 0 Å². The Kier molecular flexibility index (Phi) is 5.80. The molecule has 0 aliphatic heterocycles. The summed E-state index contributed by atoms with van der Waals surface area (Å²) in [6.45, 7) is 12.7. The first-order valence-electron chi connectivity index (χ1n) is 6.07. The van der Waals surface area contributed by atoms with Crippen LogP contribution < -0.4 is 5.32 Å². The maximum Gasteiger partial charge on any atom is 0.408 e. The van der Waals surface area contributed by atoms with E-state index in [1.54, 1.807) is 27.7 Å². The van der Waals surface area contributed by atoms with Gasteiger partial charge in [0, 0.05) is 0 Å². The minimum Gasteiger partial charge on any atom is -0.444 e. The second-order valence-corrected chi connectivity index (χ2v) is 6.24. The van der Waals surface area contributed by atoms with Crippen molar-refractivity contribution in [2.75, 3.05) is 0 Å². The van der Waals surface area contributed by atoms with Gasteiger partial charge in [-0.1, -0.05) is 0 Å². The molecule has 0 rings (SSSR count). The van der Waals surface area contributed by atoms with Gasteiger partial charge in [-0.3, -0.25) is 0 Å². The maximum atomic E-state index is 11.6. The Morgan fingerprint density at radius 2 is 1.61 bits per heavy atom. The summed E-state index contributed by atoms with van der Waals surface area (Å²) in [6.07, 6.45) is -0.390. The molecule has 5 heteroatoms. The Hall–Kier alpha value is -1.10. The lowest BCUT2D eigenvalue weighted by molar-refractivity contribution is -0.117. The fraction of sp³-hybridized carbons (Fsp3) is 0.846. The number of hydrogen-bond acceptors (Lipinski definition) is 4. The average Bonchev–Trinajstić information content (AvgIpc) is 2.07. The second kappa shape index (κ2) is 6.18. The van der Waals surface area contributed by atoms with E-state index in [2.05, 4.69) is 5.32 Å². The molecule has 0 aromatic carbocycles. The van der Waals surface area contributed by atoms with Crippen molar-refractivity contribution in [2.45, 2.75) is 71.8 Å². The zero-order valence-electron chi connectivity index (χ0n) is 12.4. The van der Waals surface area contributed by atoms with E-state index in [9.17, 15) is 9.59 Å². The summed E-state index contributed by atoms with van der Waals surface area (Å²) in [5.41, 5.74) is -0.970. The molecule has 1 N–H and O–H groups in total. The normalized spacial score (nSPS) is 15.7. The van der Waals surface area contributed by atoms with Gasteiger partial charge in [0.1, 0.15) is 17.9 Å². The number of aldehydes is 1. The van der Waals surface area contributed by atoms with Gasteiger partial charge in [-0.2, -0.15) is 0 Å². The third-order valence-corrected chi connectivity index (χ3v) is 1.88. The topological polar surface area (TPSA) is 64.6 Å². The average molecular weight is 259 g/mol. The van der Waals surface area contributed by atoms with E-state index >= 15 is 0 Å². The van der Waals surface area contributed by atoms with Crippen molar-refractivity contribution in [3.63, 3.8) is 0 Å². The van der Waals surface area contributed by atoms with Crippen LogP contribution in [0.4, 0.5) is 4.79 Å². The van der Waals surface area contributed by atoms with Crippen molar-refractivity contribution in [1.82, 2.24) is 5.32 Å². The van der Waals surface area contributed by atoms with E-state index in [1.165, 1.54) is 0 Å². The molecule has 106 valence electrons. The van der Waals surface area contributed by atoms with Gasteiger partial charge in [0.15, 0.2) is 0 Å². The molecule has 0 saturated carbocycles. The van der Waals surface area contributed by atoms with Crippen LogP contribution in [0.5, 0.6) is 0 Å². The monoisotopic (exact) mass is 259 g/mol. The number of nitrogens with one attached hydrogen (secondary N) is 1. The Balaban J connectivity index is 4.43. The molecule has 5 nitrogen and oxygen atoms in total. The summed E-state index contributed by atoms with van der Waals surface area (Å²) in [6, 6.07) is -0.723. The van der Waals surface area contributed by atoms with Crippen molar-refractivity contribution >= 4 is 12.4 Å². The number of hydrogen-bond donors (Lipinski definition) is 1. The Morgan fingerprint density at radius 1 is 1.11 bits per heavy atom. The van der Waals surface area contributed by atoms with Gasteiger partial charge in [-0.25, -0.2) is 4.79 Å². The first kappa shape index (κ1) is 16.9. The highest BCUT2D eigenvalue weighted by molar-refractivity contribution is 5.73. The number of rotatable bonds is 4. The van der Waals surface area contributed by atoms with E-state index in [-0.39, 0.29) is 5.60 Å². The highest BCUT2D eigenvalue weighted by Crippen LogP contribution is 2.13. The Labute approximate surface area is 109 Å². The van der Waals surface area contributed by atoms with Crippen molar-refractivity contribution in [1.29, 1.82) is 0 Å². The van der Waals surface area contributed by atoms with Gasteiger partial charge >= 0.3 is 6.09 Å². The third-order valence-electron chi connectivity index (χ3n) is 1.88. The molecule has 0 aliphatic carbocycles. The lowest BCUT2D eigenvalue weighted by atomic mass is 10.1. The van der Waals surface area contributed by atoms with E-state index in [4.69, 9.17) is 9.47 Å². The van der Waals surface area contributed by atoms with Crippen molar-refractivity contribution in [2.24, 2.45) is 0 Å². The van der Waals surface area contributed by atoms with Crippen LogP contribution in [0.3, 0.4) is 0 Å². The number of ether oxygens (including phenoxy) is 2. The number of carbonyl (C=O) groups excluding carboxylic acids is 2. The zero-order chi connectivity index (χ0) is 14.6. The molecule has 0 radical (unpaired) electrons. The molecule has 0 saturated heterocycles. The second-order valence-electron chi connectivity index (χ2n) is 6.24. The Bertz CT molecular complexity index is 288. The maximum absolute atomic E-state index is 11.6. The summed E-state index contributed by atoms with van der Waals surface area (Å²) >= 11 is 0. The molecule has 0 spiro atoms. The highest BCUT2D eigenvalue weighted by atomic mass is 16.6. The molecule has 0 aromatic heterocycles.